The van der Waals surface area contributed by atoms with Gasteiger partial charge in [0, 0.05) is 6.04 Å². The minimum atomic E-state index is -0.664. The van der Waals surface area contributed by atoms with Crippen molar-refractivity contribution in [2.24, 2.45) is 5.41 Å². The van der Waals surface area contributed by atoms with Gasteiger partial charge in [0.1, 0.15) is 4.20 Å². The molecule has 2 unspecified atom stereocenters. The van der Waals surface area contributed by atoms with Crippen LogP contribution in [0.15, 0.2) is 23.3 Å². The van der Waals surface area contributed by atoms with Gasteiger partial charge in [0.2, 0.25) is 0 Å². The molecule has 0 spiro atoms. The lowest BCUT2D eigenvalue weighted by atomic mass is 9.80. The van der Waals surface area contributed by atoms with Crippen molar-refractivity contribution in [3.8, 4) is 0 Å². The Balaban J connectivity index is 2.85. The smallest absolute Gasteiger partial charge is 0.128 e. The maximum Gasteiger partial charge on any atom is 0.128 e. The summed E-state index contributed by atoms with van der Waals surface area (Å²) in [5.41, 5.74) is 2.85. The first-order valence-electron chi connectivity index (χ1n) is 6.98. The number of hydrogen-bond donors (Lipinski definition) is 4. The van der Waals surface area contributed by atoms with E-state index in [1.165, 1.54) is 11.1 Å². The van der Waals surface area contributed by atoms with Gasteiger partial charge in [-0.05, 0) is 35.4 Å². The maximum atomic E-state index is 6.00. The molecule has 112 valence electrons. The molecule has 5 heteroatoms. The van der Waals surface area contributed by atoms with Crippen molar-refractivity contribution in [3.63, 3.8) is 0 Å². The number of hydrogen-bond acceptors (Lipinski definition) is 4. The average molecular weight is 327 g/mol. The van der Waals surface area contributed by atoms with Gasteiger partial charge in [-0.2, -0.15) is 12.6 Å². The first-order valence-corrected chi connectivity index (χ1v) is 8.32. The molecule has 0 fully saturated rings. The molecule has 2 atom stereocenters. The predicted octanol–water partition coefficient (Wildman–Crippen LogP) is 3.99. The highest BCUT2D eigenvalue weighted by molar-refractivity contribution is 8.00. The highest BCUT2D eigenvalue weighted by Crippen LogP contribution is 2.39. The molecule has 20 heavy (non-hydrogen) atoms. The SMILES string of the molecule is [B]C(C)(S)C(C)NC(S)(S)C1=CC=C(C(C)(C)C)CC1. The Morgan fingerprint density at radius 3 is 1.85 bits per heavy atom. The van der Waals surface area contributed by atoms with Crippen LogP contribution in [0.3, 0.4) is 0 Å². The fourth-order valence-electron chi connectivity index (χ4n) is 2.09. The zero-order chi connectivity index (χ0) is 15.8. The molecule has 0 amide bonds. The zero-order valence-electron chi connectivity index (χ0n) is 13.1. The Morgan fingerprint density at radius 2 is 1.50 bits per heavy atom. The van der Waals surface area contributed by atoms with Crippen LogP contribution in [0.1, 0.15) is 47.5 Å². The summed E-state index contributed by atoms with van der Waals surface area (Å²) in [4.78, 5) is 0. The average Bonchev–Trinajstić information content (AvgIpc) is 2.26. The van der Waals surface area contributed by atoms with E-state index in [1.54, 1.807) is 0 Å². The third-order valence-electron chi connectivity index (χ3n) is 3.85. The molecule has 0 bridgehead atoms. The molecule has 1 N–H and O–H groups in total. The van der Waals surface area contributed by atoms with Gasteiger partial charge in [-0.15, -0.1) is 25.3 Å². The van der Waals surface area contributed by atoms with E-state index in [2.05, 4.69) is 76.1 Å². The van der Waals surface area contributed by atoms with Crippen molar-refractivity contribution in [2.75, 3.05) is 0 Å². The number of thiol groups is 3. The minimum Gasteiger partial charge on any atom is -0.288 e. The molecule has 2 radical (unpaired) electrons. The van der Waals surface area contributed by atoms with E-state index in [0.29, 0.717) is 0 Å². The van der Waals surface area contributed by atoms with Crippen LogP contribution in [0.2, 0.25) is 0 Å². The van der Waals surface area contributed by atoms with Crippen LogP contribution in [0.5, 0.6) is 0 Å². The van der Waals surface area contributed by atoms with Crippen molar-refractivity contribution in [3.05, 3.63) is 23.3 Å². The molecule has 1 nitrogen and oxygen atoms in total. The zero-order valence-corrected chi connectivity index (χ0v) is 15.7. The van der Waals surface area contributed by atoms with Gasteiger partial charge in [-0.3, -0.25) is 5.32 Å². The van der Waals surface area contributed by atoms with E-state index in [0.717, 1.165) is 12.8 Å². The Morgan fingerprint density at radius 1 is 1.05 bits per heavy atom. The van der Waals surface area contributed by atoms with E-state index in [9.17, 15) is 0 Å². The summed E-state index contributed by atoms with van der Waals surface area (Å²) in [7, 11) is 6.00. The van der Waals surface area contributed by atoms with E-state index < -0.39 is 8.85 Å². The van der Waals surface area contributed by atoms with E-state index in [4.69, 9.17) is 7.85 Å². The van der Waals surface area contributed by atoms with Gasteiger partial charge in [-0.25, -0.2) is 0 Å². The second kappa shape index (κ2) is 6.35. The number of rotatable bonds is 4. The lowest BCUT2D eigenvalue weighted by molar-refractivity contribution is 0.469. The third kappa shape index (κ3) is 5.08. The molecule has 1 aliphatic carbocycles. The molecular formula is C15H26BNS3. The van der Waals surface area contributed by atoms with Crippen LogP contribution >= 0.6 is 37.9 Å². The van der Waals surface area contributed by atoms with Crippen molar-refractivity contribution in [2.45, 2.75) is 62.4 Å². The summed E-state index contributed by atoms with van der Waals surface area (Å²) in [5.74, 6) is 0. The summed E-state index contributed by atoms with van der Waals surface area (Å²) in [5, 5.41) is 3.35. The van der Waals surface area contributed by atoms with Crippen molar-refractivity contribution in [1.82, 2.24) is 5.32 Å². The van der Waals surface area contributed by atoms with Crippen molar-refractivity contribution < 1.29 is 0 Å². The minimum absolute atomic E-state index is 0.0188. The van der Waals surface area contributed by atoms with Gasteiger partial charge >= 0.3 is 0 Å². The van der Waals surface area contributed by atoms with Crippen LogP contribution in [0.25, 0.3) is 0 Å². The Labute approximate surface area is 142 Å². The highest BCUT2D eigenvalue weighted by atomic mass is 32.2. The molecule has 0 saturated heterocycles. The quantitative estimate of drug-likeness (QED) is 0.348. The van der Waals surface area contributed by atoms with E-state index in [-0.39, 0.29) is 11.5 Å². The lowest BCUT2D eigenvalue weighted by Gasteiger charge is -2.38. The Bertz CT molecular complexity index is 414. The summed E-state index contributed by atoms with van der Waals surface area (Å²) in [6.07, 6.45) is 6.35. The molecule has 1 rings (SSSR count). The molecule has 0 aromatic heterocycles. The molecule has 0 saturated carbocycles. The third-order valence-corrected chi connectivity index (χ3v) is 5.07. The molecule has 0 aliphatic heterocycles. The summed E-state index contributed by atoms with van der Waals surface area (Å²) in [6.45, 7) is 10.6. The van der Waals surface area contributed by atoms with Crippen LogP contribution in [0.4, 0.5) is 0 Å². The second-order valence-electron chi connectivity index (χ2n) is 6.90. The molecule has 0 aromatic rings. The molecular weight excluding hydrogens is 301 g/mol. The Hall–Kier alpha value is 0.555. The molecule has 0 heterocycles. The first-order chi connectivity index (χ1) is 8.84. The number of nitrogens with one attached hydrogen (secondary N) is 1. The summed E-state index contributed by atoms with van der Waals surface area (Å²) < 4.78 is -1.28. The summed E-state index contributed by atoms with van der Waals surface area (Å²) in [6, 6.07) is -0.0188. The van der Waals surface area contributed by atoms with Crippen LogP contribution in [-0.4, -0.2) is 22.7 Å². The van der Waals surface area contributed by atoms with E-state index in [1.807, 2.05) is 13.8 Å². The van der Waals surface area contributed by atoms with Gasteiger partial charge < -0.3 is 0 Å². The maximum absolute atomic E-state index is 6.00. The van der Waals surface area contributed by atoms with Crippen LogP contribution < -0.4 is 5.32 Å². The predicted molar refractivity (Wildman–Crippen MR) is 101 cm³/mol. The van der Waals surface area contributed by atoms with Crippen LogP contribution in [0, 0.1) is 5.41 Å². The lowest BCUT2D eigenvalue weighted by Crippen LogP contribution is -2.51. The molecule has 1 aliphatic rings. The topological polar surface area (TPSA) is 12.0 Å². The van der Waals surface area contributed by atoms with Crippen molar-refractivity contribution >= 4 is 45.7 Å². The van der Waals surface area contributed by atoms with Gasteiger partial charge in [0.05, 0.1) is 7.85 Å². The van der Waals surface area contributed by atoms with E-state index >= 15 is 0 Å². The number of allylic oxidation sites excluding steroid dienone is 3. The fourth-order valence-corrected chi connectivity index (χ4v) is 2.92. The first kappa shape index (κ1) is 18.6. The second-order valence-corrected chi connectivity index (χ2v) is 9.56. The molecule has 0 aromatic carbocycles. The van der Waals surface area contributed by atoms with Gasteiger partial charge in [0.25, 0.3) is 0 Å². The largest absolute Gasteiger partial charge is 0.288 e. The van der Waals surface area contributed by atoms with Crippen LogP contribution in [-0.2, 0) is 0 Å². The van der Waals surface area contributed by atoms with Gasteiger partial charge in [0.15, 0.2) is 0 Å². The van der Waals surface area contributed by atoms with Gasteiger partial charge in [-0.1, -0.05) is 45.4 Å². The van der Waals surface area contributed by atoms with Crippen molar-refractivity contribution in [1.29, 1.82) is 0 Å². The standard InChI is InChI=1S/C15H26BNS3/c1-10(14(5,16)18)17-15(19,20)12-8-6-11(7-9-12)13(2,3)4/h6,8,10,17-20H,7,9H2,1-5H3. The monoisotopic (exact) mass is 327 g/mol. The normalized spacial score (nSPS) is 21.8. The summed E-state index contributed by atoms with van der Waals surface area (Å²) >= 11 is 13.7. The highest BCUT2D eigenvalue weighted by Gasteiger charge is 2.33. The fraction of sp³-hybridized carbons (Fsp3) is 0.733. The Kier molecular flexibility index (Phi) is 5.91.